The number of nitrogens with one attached hydrogen (secondary N) is 2. The molecule has 8 nitrogen and oxygen atoms in total. The van der Waals surface area contributed by atoms with Gasteiger partial charge in [0.2, 0.25) is 5.91 Å². The zero-order chi connectivity index (χ0) is 21.9. The molecule has 2 amide bonds. The topological polar surface area (TPSA) is 103 Å². The second kappa shape index (κ2) is 11.7. The fourth-order valence-electron chi connectivity index (χ4n) is 2.85. The van der Waals surface area contributed by atoms with Crippen LogP contribution in [-0.2, 0) is 30.1 Å². The van der Waals surface area contributed by atoms with Crippen molar-refractivity contribution in [2.24, 2.45) is 0 Å². The van der Waals surface area contributed by atoms with E-state index in [-0.39, 0.29) is 18.9 Å². The molecule has 0 fully saturated rings. The summed E-state index contributed by atoms with van der Waals surface area (Å²) in [6.07, 6.45) is 0.232. The fourth-order valence-corrected chi connectivity index (χ4v) is 2.85. The summed E-state index contributed by atoms with van der Waals surface area (Å²) in [6, 6.07) is 14.9. The summed E-state index contributed by atoms with van der Waals surface area (Å²) in [5.74, 6) is -1.44. The predicted octanol–water partition coefficient (Wildman–Crippen LogP) is 0.305. The van der Waals surface area contributed by atoms with Gasteiger partial charge in [-0.1, -0.05) is 42.5 Å². The summed E-state index contributed by atoms with van der Waals surface area (Å²) in [5, 5.41) is 5.13. The van der Waals surface area contributed by atoms with Gasteiger partial charge in [-0.15, -0.1) is 0 Å². The van der Waals surface area contributed by atoms with Crippen LogP contribution in [0, 0.1) is 0 Å². The third-order valence-electron chi connectivity index (χ3n) is 4.39. The number of carbonyl (C=O) groups excluding carboxylic acids is 3. The molecule has 0 aliphatic heterocycles. The fraction of sp³-hybridized carbons (Fsp3) is 0.286. The predicted molar refractivity (Wildman–Crippen MR) is 112 cm³/mol. The maximum atomic E-state index is 12.3. The van der Waals surface area contributed by atoms with Crippen LogP contribution in [0.15, 0.2) is 54.6 Å². The number of rotatable bonds is 10. The summed E-state index contributed by atoms with van der Waals surface area (Å²) >= 11 is 0. The molecule has 30 heavy (non-hydrogen) atoms. The number of benzene rings is 2. The summed E-state index contributed by atoms with van der Waals surface area (Å²) in [4.78, 5) is 36.4. The molecule has 2 aromatic rings. The Hall–Kier alpha value is -3.17. The van der Waals surface area contributed by atoms with Gasteiger partial charge in [-0.05, 0) is 23.2 Å². The molecule has 9 heteroatoms. The van der Waals surface area contributed by atoms with Crippen molar-refractivity contribution in [3.05, 3.63) is 65.7 Å². The van der Waals surface area contributed by atoms with Gasteiger partial charge in [0, 0.05) is 26.2 Å². The highest BCUT2D eigenvalue weighted by molar-refractivity contribution is 6.61. The van der Waals surface area contributed by atoms with Crippen LogP contribution < -0.4 is 16.1 Å². The number of carbonyl (C=O) groups is 3. The molecule has 0 saturated carbocycles. The smallest absolute Gasteiger partial charge is 0.467 e. The quantitative estimate of drug-likeness (QED) is 0.430. The Balaban J connectivity index is 1.96. The SMILES string of the molecule is COB(OC)c1ccc(C[C@H](NC(=O)CNC(=O)c2ccccc2)C(=O)OC)cc1. The first-order valence-electron chi connectivity index (χ1n) is 9.33. The van der Waals surface area contributed by atoms with Crippen LogP contribution in [0.5, 0.6) is 0 Å². The lowest BCUT2D eigenvalue weighted by Gasteiger charge is -2.17. The second-order valence-corrected chi connectivity index (χ2v) is 6.44. The van der Waals surface area contributed by atoms with Gasteiger partial charge in [-0.3, -0.25) is 9.59 Å². The molecule has 0 bridgehead atoms. The average Bonchev–Trinajstić information content (AvgIpc) is 2.79. The summed E-state index contributed by atoms with van der Waals surface area (Å²) in [7, 11) is 3.86. The monoisotopic (exact) mass is 412 g/mol. The largest absolute Gasteiger partial charge is 0.493 e. The van der Waals surface area contributed by atoms with Gasteiger partial charge in [-0.2, -0.15) is 0 Å². The molecule has 0 unspecified atom stereocenters. The zero-order valence-corrected chi connectivity index (χ0v) is 17.2. The second-order valence-electron chi connectivity index (χ2n) is 6.44. The maximum absolute atomic E-state index is 12.3. The van der Waals surface area contributed by atoms with E-state index >= 15 is 0 Å². The minimum atomic E-state index is -0.886. The summed E-state index contributed by atoms with van der Waals surface area (Å²) in [5.41, 5.74) is 2.08. The van der Waals surface area contributed by atoms with Gasteiger partial charge in [-0.25, -0.2) is 4.79 Å². The molecular weight excluding hydrogens is 387 g/mol. The first-order valence-corrected chi connectivity index (χ1v) is 9.33. The number of esters is 1. The van der Waals surface area contributed by atoms with Crippen LogP contribution in [0.3, 0.4) is 0 Å². The Morgan fingerprint density at radius 1 is 0.933 bits per heavy atom. The lowest BCUT2D eigenvalue weighted by atomic mass is 9.78. The van der Waals surface area contributed by atoms with Gasteiger partial charge in [0.1, 0.15) is 6.04 Å². The average molecular weight is 412 g/mol. The standard InChI is InChI=1S/C21H25BN2O6/c1-28-21(27)18(13-15-9-11-17(12-10-15)22(29-2)30-3)24-19(25)14-23-20(26)16-7-5-4-6-8-16/h4-12,18H,13-14H2,1-3H3,(H,23,26)(H,24,25)/t18-/m0/s1. The Bertz CT molecular complexity index is 840. The van der Waals surface area contributed by atoms with E-state index in [0.717, 1.165) is 11.0 Å². The minimum absolute atomic E-state index is 0.232. The van der Waals surface area contributed by atoms with Crippen LogP contribution in [-0.4, -0.2) is 58.8 Å². The van der Waals surface area contributed by atoms with Crippen molar-refractivity contribution in [1.29, 1.82) is 0 Å². The Kier molecular flexibility index (Phi) is 9.05. The molecule has 0 radical (unpaired) electrons. The van der Waals surface area contributed by atoms with Crippen molar-refractivity contribution in [1.82, 2.24) is 10.6 Å². The van der Waals surface area contributed by atoms with E-state index in [9.17, 15) is 14.4 Å². The van der Waals surface area contributed by atoms with Crippen molar-refractivity contribution in [3.63, 3.8) is 0 Å². The van der Waals surface area contributed by atoms with Gasteiger partial charge in [0.25, 0.3) is 5.91 Å². The summed E-state index contributed by atoms with van der Waals surface area (Å²) < 4.78 is 15.2. The van der Waals surface area contributed by atoms with Crippen LogP contribution in [0.25, 0.3) is 0 Å². The van der Waals surface area contributed by atoms with Crippen LogP contribution >= 0.6 is 0 Å². The number of hydrogen-bond acceptors (Lipinski definition) is 6. The molecule has 2 N–H and O–H groups in total. The van der Waals surface area contributed by atoms with Crippen molar-refractivity contribution in [2.45, 2.75) is 12.5 Å². The van der Waals surface area contributed by atoms with Crippen LogP contribution in [0.1, 0.15) is 15.9 Å². The third kappa shape index (κ3) is 6.72. The van der Waals surface area contributed by atoms with E-state index in [1.165, 1.54) is 7.11 Å². The van der Waals surface area contributed by atoms with E-state index < -0.39 is 25.0 Å². The van der Waals surface area contributed by atoms with Crippen molar-refractivity contribution >= 4 is 30.4 Å². The third-order valence-corrected chi connectivity index (χ3v) is 4.39. The molecule has 0 heterocycles. The van der Waals surface area contributed by atoms with Crippen LogP contribution in [0.4, 0.5) is 0 Å². The van der Waals surface area contributed by atoms with Gasteiger partial charge >= 0.3 is 13.1 Å². The molecule has 158 valence electrons. The molecule has 0 aliphatic carbocycles. The van der Waals surface area contributed by atoms with Crippen molar-refractivity contribution in [2.75, 3.05) is 27.9 Å². The van der Waals surface area contributed by atoms with E-state index in [0.29, 0.717) is 5.56 Å². The molecule has 0 aromatic heterocycles. The molecule has 1 atom stereocenters. The molecule has 2 aromatic carbocycles. The number of methoxy groups -OCH3 is 1. The van der Waals surface area contributed by atoms with Crippen molar-refractivity contribution in [3.8, 4) is 0 Å². The molecule has 0 spiro atoms. The normalized spacial score (nSPS) is 11.3. The Morgan fingerprint density at radius 2 is 1.57 bits per heavy atom. The van der Waals surface area contributed by atoms with Gasteiger partial charge < -0.3 is 24.7 Å². The lowest BCUT2D eigenvalue weighted by molar-refractivity contribution is -0.144. The first-order chi connectivity index (χ1) is 14.5. The molecule has 2 rings (SSSR count). The van der Waals surface area contributed by atoms with E-state index in [4.69, 9.17) is 14.0 Å². The highest BCUT2D eigenvalue weighted by atomic mass is 16.6. The zero-order valence-electron chi connectivity index (χ0n) is 17.2. The van der Waals surface area contributed by atoms with E-state index in [1.807, 2.05) is 24.3 Å². The maximum Gasteiger partial charge on any atom is 0.493 e. The number of ether oxygens (including phenoxy) is 1. The first kappa shape index (κ1) is 23.1. The number of hydrogen-bond donors (Lipinski definition) is 2. The Morgan fingerprint density at radius 3 is 2.13 bits per heavy atom. The summed E-state index contributed by atoms with van der Waals surface area (Å²) in [6.45, 7) is -0.260. The molecule has 0 saturated heterocycles. The number of amides is 2. The van der Waals surface area contributed by atoms with Crippen molar-refractivity contribution < 1.29 is 28.4 Å². The van der Waals surface area contributed by atoms with E-state index in [1.54, 1.807) is 44.6 Å². The molecule has 0 aliphatic rings. The van der Waals surface area contributed by atoms with Gasteiger partial charge in [0.05, 0.1) is 13.7 Å². The van der Waals surface area contributed by atoms with Crippen LogP contribution in [0.2, 0.25) is 0 Å². The lowest BCUT2D eigenvalue weighted by Crippen LogP contribution is -2.47. The Labute approximate surface area is 176 Å². The van der Waals surface area contributed by atoms with E-state index in [2.05, 4.69) is 10.6 Å². The molecular formula is C21H25BN2O6. The highest BCUT2D eigenvalue weighted by Gasteiger charge is 2.23. The highest BCUT2D eigenvalue weighted by Crippen LogP contribution is 2.05. The minimum Gasteiger partial charge on any atom is -0.467 e. The van der Waals surface area contributed by atoms with Gasteiger partial charge in [0.15, 0.2) is 0 Å².